The molecule has 2 fully saturated rings. The van der Waals surface area contributed by atoms with Crippen LogP contribution in [0.25, 0.3) is 0 Å². The zero-order valence-electron chi connectivity index (χ0n) is 17.8. The van der Waals surface area contributed by atoms with Gasteiger partial charge in [0.05, 0.1) is 26.2 Å². The van der Waals surface area contributed by atoms with E-state index in [9.17, 15) is 14.4 Å². The number of likely N-dealkylation sites (tertiary alicyclic amines) is 1. The van der Waals surface area contributed by atoms with E-state index in [2.05, 4.69) is 21.2 Å². The first-order valence-electron chi connectivity index (χ1n) is 10.7. The molecule has 1 aliphatic carbocycles. The lowest BCUT2D eigenvalue weighted by atomic mass is 10.1. The molecule has 2 aromatic rings. The fourth-order valence-corrected chi connectivity index (χ4v) is 4.56. The lowest BCUT2D eigenvalue weighted by Gasteiger charge is -2.18. The summed E-state index contributed by atoms with van der Waals surface area (Å²) in [5, 5.41) is 2.70. The molecule has 0 aromatic heterocycles. The lowest BCUT2D eigenvalue weighted by Crippen LogP contribution is -2.41. The molecular weight excluding hydrogens is 476 g/mol. The number of nitrogens with zero attached hydrogens (tertiary/aromatic N) is 1. The van der Waals surface area contributed by atoms with Crippen LogP contribution in [0, 0.1) is 0 Å². The van der Waals surface area contributed by atoms with Crippen LogP contribution in [0.15, 0.2) is 46.9 Å². The van der Waals surface area contributed by atoms with Crippen molar-refractivity contribution in [1.29, 1.82) is 0 Å². The average Bonchev–Trinajstić information content (AvgIpc) is 3.37. The number of halogens is 1. The Morgan fingerprint density at radius 3 is 2.62 bits per heavy atom. The van der Waals surface area contributed by atoms with Crippen LogP contribution in [-0.4, -0.2) is 41.9 Å². The van der Waals surface area contributed by atoms with Gasteiger partial charge in [0.2, 0.25) is 5.91 Å². The van der Waals surface area contributed by atoms with Crippen LogP contribution in [-0.2, 0) is 16.1 Å². The third kappa shape index (κ3) is 4.96. The van der Waals surface area contributed by atoms with Gasteiger partial charge in [0.25, 0.3) is 11.8 Å². The number of nitrogens with one attached hydrogen (secondary N) is 1. The first kappa shape index (κ1) is 22.3. The standard InChI is InChI=1S/C24H25BrN2O5/c1-31-20-10-9-16(12-21(20)32-18-7-2-3-8-18)23(29)26-19-13-22(28)27(24(19)30)14-15-5-4-6-17(25)11-15/h4-6,9-12,18-19H,2-3,7-8,13-14H2,1H3,(H,26,29)/t19-/m0/s1. The molecule has 1 atom stereocenters. The summed E-state index contributed by atoms with van der Waals surface area (Å²) in [6, 6.07) is 11.5. The number of amides is 3. The number of hydrogen-bond donors (Lipinski definition) is 1. The minimum atomic E-state index is -0.886. The third-order valence-corrected chi connectivity index (χ3v) is 6.29. The van der Waals surface area contributed by atoms with E-state index in [1.54, 1.807) is 25.3 Å². The fraction of sp³-hybridized carbons (Fsp3) is 0.375. The van der Waals surface area contributed by atoms with Gasteiger partial charge in [-0.2, -0.15) is 0 Å². The van der Waals surface area contributed by atoms with Crippen LogP contribution < -0.4 is 14.8 Å². The monoisotopic (exact) mass is 500 g/mol. The van der Waals surface area contributed by atoms with Crippen molar-refractivity contribution in [2.75, 3.05) is 7.11 Å². The van der Waals surface area contributed by atoms with Gasteiger partial charge in [0, 0.05) is 10.0 Å². The Bertz CT molecular complexity index is 1030. The molecule has 1 saturated carbocycles. The molecule has 0 spiro atoms. The van der Waals surface area contributed by atoms with Gasteiger partial charge in [0.15, 0.2) is 11.5 Å². The quantitative estimate of drug-likeness (QED) is 0.583. The van der Waals surface area contributed by atoms with Gasteiger partial charge in [0.1, 0.15) is 6.04 Å². The summed E-state index contributed by atoms with van der Waals surface area (Å²) in [5.41, 5.74) is 1.18. The fourth-order valence-electron chi connectivity index (χ4n) is 4.12. The van der Waals surface area contributed by atoms with E-state index < -0.39 is 17.9 Å². The van der Waals surface area contributed by atoms with E-state index in [1.807, 2.05) is 24.3 Å². The van der Waals surface area contributed by atoms with Crippen LogP contribution >= 0.6 is 15.9 Å². The number of ether oxygens (including phenoxy) is 2. The maximum Gasteiger partial charge on any atom is 0.252 e. The Labute approximate surface area is 195 Å². The molecule has 4 rings (SSSR count). The van der Waals surface area contributed by atoms with Gasteiger partial charge in [-0.25, -0.2) is 0 Å². The molecule has 1 saturated heterocycles. The Kier molecular flexibility index (Phi) is 6.79. The molecule has 8 heteroatoms. The van der Waals surface area contributed by atoms with Crippen LogP contribution in [0.1, 0.15) is 48.0 Å². The summed E-state index contributed by atoms with van der Waals surface area (Å²) in [6.45, 7) is 0.172. The van der Waals surface area contributed by atoms with E-state index in [0.717, 1.165) is 35.7 Å². The highest BCUT2D eigenvalue weighted by atomic mass is 79.9. The van der Waals surface area contributed by atoms with E-state index in [1.165, 1.54) is 4.90 Å². The van der Waals surface area contributed by atoms with Gasteiger partial charge >= 0.3 is 0 Å². The van der Waals surface area contributed by atoms with E-state index in [4.69, 9.17) is 9.47 Å². The molecule has 1 aliphatic heterocycles. The van der Waals surface area contributed by atoms with Crippen LogP contribution in [0.4, 0.5) is 0 Å². The third-order valence-electron chi connectivity index (χ3n) is 5.80. The largest absolute Gasteiger partial charge is 0.493 e. The highest BCUT2D eigenvalue weighted by molar-refractivity contribution is 9.10. The highest BCUT2D eigenvalue weighted by Gasteiger charge is 2.39. The number of carbonyl (C=O) groups excluding carboxylic acids is 3. The van der Waals surface area contributed by atoms with Gasteiger partial charge in [-0.3, -0.25) is 19.3 Å². The first-order valence-corrected chi connectivity index (χ1v) is 11.5. The molecule has 0 unspecified atom stereocenters. The Morgan fingerprint density at radius 1 is 1.12 bits per heavy atom. The van der Waals surface area contributed by atoms with Crippen molar-refractivity contribution in [2.24, 2.45) is 0 Å². The van der Waals surface area contributed by atoms with Crippen molar-refractivity contribution in [3.63, 3.8) is 0 Å². The van der Waals surface area contributed by atoms with Crippen molar-refractivity contribution >= 4 is 33.7 Å². The minimum Gasteiger partial charge on any atom is -0.493 e. The van der Waals surface area contributed by atoms with Crippen LogP contribution in [0.3, 0.4) is 0 Å². The van der Waals surface area contributed by atoms with Crippen molar-refractivity contribution in [1.82, 2.24) is 10.2 Å². The first-order chi connectivity index (χ1) is 15.4. The second kappa shape index (κ2) is 9.73. The summed E-state index contributed by atoms with van der Waals surface area (Å²) < 4.78 is 12.3. The summed E-state index contributed by atoms with van der Waals surface area (Å²) in [5.74, 6) is -0.0724. The molecular formula is C24H25BrN2O5. The predicted molar refractivity (Wildman–Crippen MR) is 121 cm³/mol. The zero-order chi connectivity index (χ0) is 22.7. The van der Waals surface area contributed by atoms with Gasteiger partial charge in [-0.1, -0.05) is 28.1 Å². The molecule has 2 aliphatic rings. The number of carbonyl (C=O) groups is 3. The molecule has 0 bridgehead atoms. The number of hydrogen-bond acceptors (Lipinski definition) is 5. The molecule has 1 N–H and O–H groups in total. The molecule has 1 heterocycles. The van der Waals surface area contributed by atoms with Crippen molar-refractivity contribution in [2.45, 2.75) is 50.8 Å². The van der Waals surface area contributed by atoms with Crippen molar-refractivity contribution in [3.8, 4) is 11.5 Å². The Hall–Kier alpha value is -2.87. The Morgan fingerprint density at radius 2 is 1.91 bits per heavy atom. The van der Waals surface area contributed by atoms with Gasteiger partial charge < -0.3 is 14.8 Å². The van der Waals surface area contributed by atoms with E-state index >= 15 is 0 Å². The van der Waals surface area contributed by atoms with Crippen LogP contribution in [0.5, 0.6) is 11.5 Å². The lowest BCUT2D eigenvalue weighted by molar-refractivity contribution is -0.139. The summed E-state index contributed by atoms with van der Waals surface area (Å²) in [4.78, 5) is 39.3. The van der Waals surface area contributed by atoms with Gasteiger partial charge in [-0.15, -0.1) is 0 Å². The van der Waals surface area contributed by atoms with Gasteiger partial charge in [-0.05, 0) is 61.6 Å². The second-order valence-corrected chi connectivity index (χ2v) is 8.98. The molecule has 3 amide bonds. The van der Waals surface area contributed by atoms with Crippen molar-refractivity contribution < 1.29 is 23.9 Å². The van der Waals surface area contributed by atoms with Crippen LogP contribution in [0.2, 0.25) is 0 Å². The summed E-state index contributed by atoms with van der Waals surface area (Å²) in [6.07, 6.45) is 4.27. The molecule has 0 radical (unpaired) electrons. The molecule has 2 aromatic carbocycles. The van der Waals surface area contributed by atoms with Crippen molar-refractivity contribution in [3.05, 3.63) is 58.1 Å². The second-order valence-electron chi connectivity index (χ2n) is 8.07. The Balaban J connectivity index is 1.44. The molecule has 7 nitrogen and oxygen atoms in total. The minimum absolute atomic E-state index is 0.0554. The average molecular weight is 501 g/mol. The maximum atomic E-state index is 12.9. The number of imide groups is 1. The maximum absolute atomic E-state index is 12.9. The SMILES string of the molecule is COc1ccc(C(=O)N[C@H]2CC(=O)N(Cc3cccc(Br)c3)C2=O)cc1OC1CCCC1. The smallest absolute Gasteiger partial charge is 0.252 e. The van der Waals surface area contributed by atoms with E-state index in [0.29, 0.717) is 17.1 Å². The summed E-state index contributed by atoms with van der Waals surface area (Å²) in [7, 11) is 1.55. The number of benzene rings is 2. The highest BCUT2D eigenvalue weighted by Crippen LogP contribution is 2.32. The topological polar surface area (TPSA) is 84.9 Å². The normalized spacial score (nSPS) is 18.8. The molecule has 32 heavy (non-hydrogen) atoms. The molecule has 168 valence electrons. The number of methoxy groups -OCH3 is 1. The predicted octanol–water partition coefficient (Wildman–Crippen LogP) is 3.84. The number of rotatable bonds is 7. The van der Waals surface area contributed by atoms with E-state index in [-0.39, 0.29) is 25.0 Å². The summed E-state index contributed by atoms with van der Waals surface area (Å²) >= 11 is 3.39. The zero-order valence-corrected chi connectivity index (χ0v) is 19.4.